The van der Waals surface area contributed by atoms with E-state index < -0.39 is 11.6 Å². The molecular weight excluding hydrogens is 547 g/mol. The van der Waals surface area contributed by atoms with Gasteiger partial charge in [0.15, 0.2) is 0 Å². The molecule has 0 aromatic heterocycles. The van der Waals surface area contributed by atoms with Crippen LogP contribution < -0.4 is 0 Å². The number of nitrogens with zero attached hydrogens (tertiary/aromatic N) is 2. The summed E-state index contributed by atoms with van der Waals surface area (Å²) < 4.78 is 10.2. The monoisotopic (exact) mass is 588 g/mol. The number of ether oxygens (including phenoxy) is 2. The molecule has 1 saturated carbocycles. The summed E-state index contributed by atoms with van der Waals surface area (Å²) in [6.45, 7) is 9.36. The lowest BCUT2D eigenvalue weighted by Crippen LogP contribution is -2.52. The summed E-state index contributed by atoms with van der Waals surface area (Å²) in [4.78, 5) is 32.4. The Morgan fingerprint density at radius 2 is 1.68 bits per heavy atom. The molecule has 0 radical (unpaired) electrons. The average Bonchev–Trinajstić information content (AvgIpc) is 2.91. The van der Waals surface area contributed by atoms with Crippen molar-refractivity contribution in [1.82, 2.24) is 4.90 Å². The lowest BCUT2D eigenvalue weighted by molar-refractivity contribution is -0.130. The molecular formula is C32H42Cl2N2O4. The normalized spacial score (nSPS) is 20.6. The SMILES string of the molecule is COCCCC(c1ccc(C(=O)OC)cc1)N(C=O)C1(/N=C(\C)c2cc(Cl)cc(Cl)c2)CCC(C(C)(C)C)CC1. The highest BCUT2D eigenvalue weighted by atomic mass is 35.5. The van der Waals surface area contributed by atoms with Gasteiger partial charge >= 0.3 is 5.97 Å². The van der Waals surface area contributed by atoms with Crippen LogP contribution in [0.5, 0.6) is 0 Å². The maximum Gasteiger partial charge on any atom is 0.337 e. The van der Waals surface area contributed by atoms with Crippen LogP contribution in [0.15, 0.2) is 47.5 Å². The van der Waals surface area contributed by atoms with Crippen LogP contribution in [0.1, 0.15) is 93.7 Å². The Labute approximate surface area is 249 Å². The van der Waals surface area contributed by atoms with Gasteiger partial charge in [0.2, 0.25) is 6.41 Å². The summed E-state index contributed by atoms with van der Waals surface area (Å²) in [7, 11) is 3.04. The fraction of sp³-hybridized carbons (Fsp3) is 0.531. The highest BCUT2D eigenvalue weighted by molar-refractivity contribution is 6.35. The van der Waals surface area contributed by atoms with Crippen molar-refractivity contribution in [2.75, 3.05) is 20.8 Å². The average molecular weight is 590 g/mol. The van der Waals surface area contributed by atoms with Crippen LogP contribution in [0.4, 0.5) is 0 Å². The Bertz CT molecular complexity index is 1160. The van der Waals surface area contributed by atoms with Gasteiger partial charge in [-0.1, -0.05) is 56.1 Å². The highest BCUT2D eigenvalue weighted by Crippen LogP contribution is 2.47. The zero-order valence-corrected chi connectivity index (χ0v) is 26.0. The summed E-state index contributed by atoms with van der Waals surface area (Å²) in [6.07, 6.45) is 5.77. The zero-order valence-electron chi connectivity index (χ0n) is 24.5. The van der Waals surface area contributed by atoms with E-state index in [0.29, 0.717) is 34.6 Å². The second-order valence-electron chi connectivity index (χ2n) is 11.8. The molecule has 1 fully saturated rings. The van der Waals surface area contributed by atoms with Crippen LogP contribution in [0.3, 0.4) is 0 Å². The van der Waals surface area contributed by atoms with Gasteiger partial charge in [0.1, 0.15) is 5.66 Å². The van der Waals surface area contributed by atoms with E-state index in [2.05, 4.69) is 20.8 Å². The molecule has 1 atom stereocenters. The van der Waals surface area contributed by atoms with E-state index in [0.717, 1.165) is 55.4 Å². The van der Waals surface area contributed by atoms with E-state index in [1.807, 2.05) is 36.1 Å². The van der Waals surface area contributed by atoms with Gasteiger partial charge in [-0.3, -0.25) is 9.79 Å². The van der Waals surface area contributed by atoms with Crippen molar-refractivity contribution in [2.24, 2.45) is 16.3 Å². The number of aliphatic imine (C=N–C) groups is 1. The number of rotatable bonds is 11. The Balaban J connectivity index is 2.11. The molecule has 0 aliphatic heterocycles. The second kappa shape index (κ2) is 14.0. The molecule has 40 heavy (non-hydrogen) atoms. The van der Waals surface area contributed by atoms with Crippen LogP contribution in [0.25, 0.3) is 0 Å². The van der Waals surface area contributed by atoms with Crippen molar-refractivity contribution < 1.29 is 19.1 Å². The molecule has 1 unspecified atom stereocenters. The third kappa shape index (κ3) is 7.86. The van der Waals surface area contributed by atoms with Gasteiger partial charge in [0.25, 0.3) is 0 Å². The van der Waals surface area contributed by atoms with Gasteiger partial charge in [-0.15, -0.1) is 0 Å². The molecule has 8 heteroatoms. The predicted molar refractivity (Wildman–Crippen MR) is 162 cm³/mol. The summed E-state index contributed by atoms with van der Waals surface area (Å²) in [6, 6.07) is 12.5. The summed E-state index contributed by atoms with van der Waals surface area (Å²) in [5.41, 5.74) is 2.43. The molecule has 218 valence electrons. The quantitative estimate of drug-likeness (QED) is 0.115. The third-order valence-corrected chi connectivity index (χ3v) is 8.58. The first kappa shape index (κ1) is 32.1. The van der Waals surface area contributed by atoms with E-state index in [9.17, 15) is 9.59 Å². The van der Waals surface area contributed by atoms with Crippen molar-refractivity contribution >= 4 is 41.3 Å². The molecule has 1 amide bonds. The van der Waals surface area contributed by atoms with Crippen molar-refractivity contribution in [3.05, 3.63) is 69.2 Å². The number of halogens is 2. The number of methoxy groups -OCH3 is 2. The largest absolute Gasteiger partial charge is 0.465 e. The molecule has 0 bridgehead atoms. The minimum absolute atomic E-state index is 0.166. The number of carbonyl (C=O) groups excluding carboxylic acids is 2. The van der Waals surface area contributed by atoms with Crippen LogP contribution in [0.2, 0.25) is 10.0 Å². The number of hydrogen-bond donors (Lipinski definition) is 0. The van der Waals surface area contributed by atoms with Gasteiger partial charge in [-0.2, -0.15) is 0 Å². The van der Waals surface area contributed by atoms with E-state index in [4.69, 9.17) is 37.7 Å². The van der Waals surface area contributed by atoms with Crippen molar-refractivity contribution in [2.45, 2.75) is 77.9 Å². The molecule has 2 aromatic rings. The number of benzene rings is 2. The molecule has 6 nitrogen and oxygen atoms in total. The van der Waals surface area contributed by atoms with Crippen molar-refractivity contribution in [3.8, 4) is 0 Å². The molecule has 3 rings (SSSR count). The summed E-state index contributed by atoms with van der Waals surface area (Å²) >= 11 is 12.7. The van der Waals surface area contributed by atoms with Gasteiger partial charge in [-0.05, 0) is 98.2 Å². The fourth-order valence-electron chi connectivity index (χ4n) is 5.82. The Kier molecular flexibility index (Phi) is 11.2. The Hall–Kier alpha value is -2.41. The van der Waals surface area contributed by atoms with Crippen LogP contribution in [-0.4, -0.2) is 49.5 Å². The fourth-order valence-corrected chi connectivity index (χ4v) is 6.35. The second-order valence-corrected chi connectivity index (χ2v) is 12.6. The van der Waals surface area contributed by atoms with Gasteiger partial charge in [-0.25, -0.2) is 4.79 Å². The summed E-state index contributed by atoms with van der Waals surface area (Å²) in [5.74, 6) is 0.128. The zero-order chi connectivity index (χ0) is 29.5. The first-order chi connectivity index (χ1) is 18.9. The molecule has 2 aromatic carbocycles. The van der Waals surface area contributed by atoms with E-state index in [1.54, 1.807) is 25.3 Å². The van der Waals surface area contributed by atoms with Crippen LogP contribution in [0, 0.1) is 11.3 Å². The van der Waals surface area contributed by atoms with E-state index in [1.165, 1.54) is 7.11 Å². The molecule has 1 aliphatic carbocycles. The first-order valence-electron chi connectivity index (χ1n) is 13.9. The predicted octanol–water partition coefficient (Wildman–Crippen LogP) is 8.15. The lowest BCUT2D eigenvalue weighted by atomic mass is 9.69. The Morgan fingerprint density at radius 3 is 2.17 bits per heavy atom. The molecule has 0 heterocycles. The maximum absolute atomic E-state index is 13.1. The van der Waals surface area contributed by atoms with Gasteiger partial charge in [0, 0.05) is 29.5 Å². The minimum Gasteiger partial charge on any atom is -0.465 e. The van der Waals surface area contributed by atoms with Crippen molar-refractivity contribution in [3.63, 3.8) is 0 Å². The number of amides is 1. The molecule has 0 saturated heterocycles. The topological polar surface area (TPSA) is 68.2 Å². The smallest absolute Gasteiger partial charge is 0.337 e. The van der Waals surface area contributed by atoms with Gasteiger partial charge < -0.3 is 14.4 Å². The highest BCUT2D eigenvalue weighted by Gasteiger charge is 2.45. The Morgan fingerprint density at radius 1 is 1.07 bits per heavy atom. The van der Waals surface area contributed by atoms with Crippen LogP contribution in [-0.2, 0) is 14.3 Å². The molecule has 1 aliphatic rings. The molecule has 0 N–H and O–H groups in total. The first-order valence-corrected chi connectivity index (χ1v) is 14.6. The van der Waals surface area contributed by atoms with Crippen LogP contribution >= 0.6 is 23.2 Å². The number of hydrogen-bond acceptors (Lipinski definition) is 5. The molecule has 0 spiro atoms. The van der Waals surface area contributed by atoms with Crippen molar-refractivity contribution in [1.29, 1.82) is 0 Å². The van der Waals surface area contributed by atoms with Gasteiger partial charge in [0.05, 0.1) is 18.7 Å². The number of carbonyl (C=O) groups is 2. The standard InChI is InChI=1S/C32H42Cl2N2O4/c1-22(25-18-27(33)20-28(34)19-25)35-32(15-13-26(14-16-32)31(2,3)4)36(21-37)29(8-7-17-39-5)23-9-11-24(12-10-23)30(38)40-6/h9-12,18-21,26,29H,7-8,13-17H2,1-6H3/b35-22+. The maximum atomic E-state index is 13.1. The summed E-state index contributed by atoms with van der Waals surface area (Å²) in [5, 5.41) is 1.08. The van der Waals surface area contributed by atoms with E-state index in [-0.39, 0.29) is 11.5 Å². The number of esters is 1. The minimum atomic E-state index is -0.749. The van der Waals surface area contributed by atoms with E-state index >= 15 is 0 Å². The lowest BCUT2D eigenvalue weighted by Gasteiger charge is -2.49. The third-order valence-electron chi connectivity index (χ3n) is 8.14.